The first-order valence-electron chi connectivity index (χ1n) is 6.27. The summed E-state index contributed by atoms with van der Waals surface area (Å²) >= 11 is 0. The lowest BCUT2D eigenvalue weighted by atomic mass is 10.3. The van der Waals surface area contributed by atoms with Crippen LogP contribution in [0.2, 0.25) is 0 Å². The Morgan fingerprint density at radius 3 is 3.05 bits per heavy atom. The predicted octanol–water partition coefficient (Wildman–Crippen LogP) is 1.05. The lowest BCUT2D eigenvalue weighted by Gasteiger charge is -2.23. The van der Waals surface area contributed by atoms with Crippen LogP contribution < -0.4 is 0 Å². The third-order valence-electron chi connectivity index (χ3n) is 3.04. The maximum Gasteiger partial charge on any atom is 0.176 e. The van der Waals surface area contributed by atoms with Gasteiger partial charge in [0.15, 0.2) is 11.6 Å². The fourth-order valence-corrected chi connectivity index (χ4v) is 2.13. The third kappa shape index (κ3) is 2.70. The minimum absolute atomic E-state index is 0.0361. The van der Waals surface area contributed by atoms with E-state index in [1.54, 1.807) is 12.3 Å². The largest absolute Gasteiger partial charge is 0.455 e. The quantitative estimate of drug-likeness (QED) is 0.894. The molecule has 0 amide bonds. The summed E-state index contributed by atoms with van der Waals surface area (Å²) in [7, 11) is 0. The van der Waals surface area contributed by atoms with Crippen molar-refractivity contribution in [2.75, 3.05) is 19.8 Å². The molecule has 1 aliphatic rings. The number of furan rings is 1. The first-order chi connectivity index (χ1) is 9.36. The molecule has 0 bridgehead atoms. The molecule has 0 radical (unpaired) electrons. The van der Waals surface area contributed by atoms with Gasteiger partial charge in [-0.2, -0.15) is 0 Å². The monoisotopic (exact) mass is 264 g/mol. The van der Waals surface area contributed by atoms with Gasteiger partial charge in [0.1, 0.15) is 12.4 Å². The average molecular weight is 264 g/mol. The van der Waals surface area contributed by atoms with E-state index in [2.05, 4.69) is 4.98 Å². The number of rotatable bonds is 4. The second-order valence-electron chi connectivity index (χ2n) is 4.39. The van der Waals surface area contributed by atoms with Gasteiger partial charge in [-0.05, 0) is 12.1 Å². The van der Waals surface area contributed by atoms with Crippen LogP contribution in [0.1, 0.15) is 5.76 Å². The van der Waals surface area contributed by atoms with Crippen molar-refractivity contribution in [2.45, 2.75) is 19.3 Å². The summed E-state index contributed by atoms with van der Waals surface area (Å²) in [5, 5.41) is 9.02. The third-order valence-corrected chi connectivity index (χ3v) is 3.04. The molecule has 1 atom stereocenters. The van der Waals surface area contributed by atoms with Crippen LogP contribution >= 0.6 is 0 Å². The van der Waals surface area contributed by atoms with Gasteiger partial charge >= 0.3 is 0 Å². The Labute approximate surface area is 110 Å². The van der Waals surface area contributed by atoms with E-state index in [1.165, 1.54) is 0 Å². The normalized spacial score (nSPS) is 19.7. The topological polar surface area (TPSA) is 69.7 Å². The van der Waals surface area contributed by atoms with Crippen molar-refractivity contribution < 1.29 is 19.0 Å². The first kappa shape index (κ1) is 12.4. The van der Waals surface area contributed by atoms with E-state index >= 15 is 0 Å². The molecule has 6 nitrogen and oxygen atoms in total. The second kappa shape index (κ2) is 5.56. The van der Waals surface area contributed by atoms with Crippen LogP contribution in [-0.4, -0.2) is 40.6 Å². The molecule has 1 aliphatic heterocycles. The maximum absolute atomic E-state index is 9.02. The van der Waals surface area contributed by atoms with Crippen LogP contribution in [0.15, 0.2) is 28.9 Å². The fourth-order valence-electron chi connectivity index (χ4n) is 2.13. The molecule has 0 aliphatic carbocycles. The van der Waals surface area contributed by atoms with E-state index < -0.39 is 0 Å². The maximum atomic E-state index is 9.02. The highest BCUT2D eigenvalue weighted by molar-refractivity contribution is 5.47. The van der Waals surface area contributed by atoms with Gasteiger partial charge in [-0.1, -0.05) is 0 Å². The van der Waals surface area contributed by atoms with Crippen LogP contribution in [0, 0.1) is 0 Å². The molecular formula is C13H16N2O4. The van der Waals surface area contributed by atoms with Crippen LogP contribution in [0.3, 0.4) is 0 Å². The summed E-state index contributed by atoms with van der Waals surface area (Å²) in [6.07, 6.45) is 3.64. The summed E-state index contributed by atoms with van der Waals surface area (Å²) in [6, 6.07) is 3.55. The number of imidazole rings is 1. The van der Waals surface area contributed by atoms with Gasteiger partial charge in [-0.3, -0.25) is 0 Å². The Kier molecular flexibility index (Phi) is 3.63. The standard InChI is InChI=1S/C13H16N2O4/c16-8-10-1-2-12(19-10)13-14-3-4-15(13)7-11-9-17-5-6-18-11/h1-4,11,16H,5-9H2/t11-/m0/s1. The Morgan fingerprint density at radius 1 is 1.37 bits per heavy atom. The molecule has 0 spiro atoms. The van der Waals surface area contributed by atoms with Crippen LogP contribution in [0.4, 0.5) is 0 Å². The highest BCUT2D eigenvalue weighted by atomic mass is 16.6. The number of ether oxygens (including phenoxy) is 2. The van der Waals surface area contributed by atoms with Gasteiger partial charge in [0.25, 0.3) is 0 Å². The van der Waals surface area contributed by atoms with Crippen LogP contribution in [0.25, 0.3) is 11.6 Å². The average Bonchev–Trinajstić information content (AvgIpc) is 3.08. The molecule has 1 fully saturated rings. The van der Waals surface area contributed by atoms with Crippen molar-refractivity contribution in [3.63, 3.8) is 0 Å². The Bertz CT molecular complexity index is 528. The van der Waals surface area contributed by atoms with E-state index in [0.29, 0.717) is 37.9 Å². The predicted molar refractivity (Wildman–Crippen MR) is 66.4 cm³/mol. The molecule has 6 heteroatoms. The summed E-state index contributed by atoms with van der Waals surface area (Å²) < 4.78 is 18.5. The number of aromatic nitrogens is 2. The number of aliphatic hydroxyl groups is 1. The van der Waals surface area contributed by atoms with E-state index in [4.69, 9.17) is 19.0 Å². The number of aliphatic hydroxyl groups excluding tert-OH is 1. The lowest BCUT2D eigenvalue weighted by Crippen LogP contribution is -2.32. The highest BCUT2D eigenvalue weighted by Crippen LogP contribution is 2.21. The smallest absolute Gasteiger partial charge is 0.176 e. The molecule has 3 rings (SSSR count). The van der Waals surface area contributed by atoms with Gasteiger partial charge in [-0.25, -0.2) is 4.98 Å². The zero-order chi connectivity index (χ0) is 13.1. The lowest BCUT2D eigenvalue weighted by molar-refractivity contribution is -0.0934. The molecule has 1 N–H and O–H groups in total. The van der Waals surface area contributed by atoms with Crippen molar-refractivity contribution in [3.05, 3.63) is 30.3 Å². The van der Waals surface area contributed by atoms with Crippen molar-refractivity contribution in [1.82, 2.24) is 9.55 Å². The van der Waals surface area contributed by atoms with Gasteiger partial charge in [0.05, 0.1) is 32.5 Å². The van der Waals surface area contributed by atoms with Crippen molar-refractivity contribution in [2.24, 2.45) is 0 Å². The number of nitrogens with zero attached hydrogens (tertiary/aromatic N) is 2. The fraction of sp³-hybridized carbons (Fsp3) is 0.462. The molecular weight excluding hydrogens is 248 g/mol. The van der Waals surface area contributed by atoms with E-state index in [-0.39, 0.29) is 12.7 Å². The molecule has 0 aromatic carbocycles. The summed E-state index contributed by atoms with van der Waals surface area (Å²) in [4.78, 5) is 4.29. The summed E-state index contributed by atoms with van der Waals surface area (Å²) in [5.74, 6) is 1.90. The van der Waals surface area contributed by atoms with Crippen molar-refractivity contribution in [1.29, 1.82) is 0 Å². The minimum Gasteiger partial charge on any atom is -0.455 e. The van der Waals surface area contributed by atoms with Crippen LogP contribution in [0.5, 0.6) is 0 Å². The zero-order valence-corrected chi connectivity index (χ0v) is 10.5. The molecule has 3 heterocycles. The minimum atomic E-state index is -0.111. The SMILES string of the molecule is OCc1ccc(-c2nccn2C[C@H]2COCCO2)o1. The zero-order valence-electron chi connectivity index (χ0n) is 10.5. The molecule has 0 saturated carbocycles. The van der Waals surface area contributed by atoms with E-state index in [0.717, 1.165) is 5.82 Å². The molecule has 102 valence electrons. The molecule has 2 aromatic rings. The van der Waals surface area contributed by atoms with Gasteiger partial charge < -0.3 is 23.6 Å². The molecule has 2 aromatic heterocycles. The summed E-state index contributed by atoms with van der Waals surface area (Å²) in [5.41, 5.74) is 0. The Hall–Kier alpha value is -1.63. The van der Waals surface area contributed by atoms with E-state index in [1.807, 2.05) is 16.8 Å². The Morgan fingerprint density at radius 2 is 2.32 bits per heavy atom. The number of hydrogen-bond donors (Lipinski definition) is 1. The second-order valence-corrected chi connectivity index (χ2v) is 4.39. The van der Waals surface area contributed by atoms with Gasteiger partial charge in [-0.15, -0.1) is 0 Å². The molecule has 1 saturated heterocycles. The van der Waals surface area contributed by atoms with Gasteiger partial charge in [0, 0.05) is 12.4 Å². The Balaban J connectivity index is 1.77. The summed E-state index contributed by atoms with van der Waals surface area (Å²) in [6.45, 7) is 2.44. The van der Waals surface area contributed by atoms with E-state index in [9.17, 15) is 0 Å². The van der Waals surface area contributed by atoms with Crippen molar-refractivity contribution in [3.8, 4) is 11.6 Å². The highest BCUT2D eigenvalue weighted by Gasteiger charge is 2.18. The van der Waals surface area contributed by atoms with Crippen molar-refractivity contribution >= 4 is 0 Å². The van der Waals surface area contributed by atoms with Gasteiger partial charge in [0.2, 0.25) is 0 Å². The first-order valence-corrected chi connectivity index (χ1v) is 6.27. The number of hydrogen-bond acceptors (Lipinski definition) is 5. The van der Waals surface area contributed by atoms with Crippen LogP contribution in [-0.2, 0) is 22.6 Å². The molecule has 19 heavy (non-hydrogen) atoms. The molecule has 0 unspecified atom stereocenters.